The van der Waals surface area contributed by atoms with Gasteiger partial charge in [-0.15, -0.1) is 0 Å². The van der Waals surface area contributed by atoms with E-state index in [9.17, 15) is 5.11 Å². The smallest absolute Gasteiger partial charge is 0.194 e. The first-order chi connectivity index (χ1) is 13.2. The van der Waals surface area contributed by atoms with Crippen LogP contribution in [0.25, 0.3) is 0 Å². The van der Waals surface area contributed by atoms with Crippen LogP contribution in [0.3, 0.4) is 0 Å². The highest BCUT2D eigenvalue weighted by Crippen LogP contribution is 2.20. The molecule has 2 heterocycles. The second kappa shape index (κ2) is 9.95. The Hall–Kier alpha value is -1.79. The van der Waals surface area contributed by atoms with Crippen LogP contribution in [0.2, 0.25) is 0 Å². The summed E-state index contributed by atoms with van der Waals surface area (Å²) in [5.41, 5.74) is 1.15. The number of likely N-dealkylation sites (tertiary alicyclic amines) is 2. The van der Waals surface area contributed by atoms with Gasteiger partial charge in [0.15, 0.2) is 5.96 Å². The standard InChI is InChI=1S/C21H34N4O2/c1-3-22-21(25-12-9-18(15-25)24-10-4-5-11-24)23-14-19(26)16-27-20-8-6-7-17(2)13-20/h6-8,13,18-19,26H,3-5,9-12,14-16H2,1-2H3,(H,22,23). The van der Waals surface area contributed by atoms with E-state index in [1.807, 2.05) is 31.2 Å². The van der Waals surface area contributed by atoms with Crippen LogP contribution in [-0.4, -0.2) is 78.9 Å². The molecule has 1 aromatic rings. The van der Waals surface area contributed by atoms with Crippen molar-refractivity contribution in [1.29, 1.82) is 0 Å². The van der Waals surface area contributed by atoms with Gasteiger partial charge in [-0.05, 0) is 63.9 Å². The molecule has 150 valence electrons. The highest BCUT2D eigenvalue weighted by Gasteiger charge is 2.30. The van der Waals surface area contributed by atoms with E-state index in [1.54, 1.807) is 0 Å². The van der Waals surface area contributed by atoms with Crippen molar-refractivity contribution in [3.05, 3.63) is 29.8 Å². The van der Waals surface area contributed by atoms with Crippen molar-refractivity contribution < 1.29 is 9.84 Å². The van der Waals surface area contributed by atoms with Gasteiger partial charge in [0.2, 0.25) is 0 Å². The summed E-state index contributed by atoms with van der Waals surface area (Å²) >= 11 is 0. The Balaban J connectivity index is 1.49. The number of ether oxygens (including phenoxy) is 1. The third-order valence-electron chi connectivity index (χ3n) is 5.34. The number of aryl methyl sites for hydroxylation is 1. The molecular formula is C21H34N4O2. The number of hydrogen-bond donors (Lipinski definition) is 2. The van der Waals surface area contributed by atoms with Crippen LogP contribution < -0.4 is 10.1 Å². The van der Waals surface area contributed by atoms with Gasteiger partial charge in [-0.3, -0.25) is 9.89 Å². The number of hydrogen-bond acceptors (Lipinski definition) is 4. The first-order valence-corrected chi connectivity index (χ1v) is 10.3. The summed E-state index contributed by atoms with van der Waals surface area (Å²) in [4.78, 5) is 9.62. The van der Waals surface area contributed by atoms with Gasteiger partial charge >= 0.3 is 0 Å². The molecule has 3 rings (SSSR count). The molecule has 27 heavy (non-hydrogen) atoms. The van der Waals surface area contributed by atoms with E-state index in [-0.39, 0.29) is 6.61 Å². The Kier molecular flexibility index (Phi) is 7.35. The van der Waals surface area contributed by atoms with Gasteiger partial charge in [0.25, 0.3) is 0 Å². The summed E-state index contributed by atoms with van der Waals surface area (Å²) in [7, 11) is 0. The molecule has 6 nitrogen and oxygen atoms in total. The van der Waals surface area contributed by atoms with E-state index in [1.165, 1.54) is 32.4 Å². The Labute approximate surface area is 163 Å². The molecule has 0 aliphatic carbocycles. The third-order valence-corrected chi connectivity index (χ3v) is 5.34. The predicted molar refractivity (Wildman–Crippen MR) is 109 cm³/mol. The lowest BCUT2D eigenvalue weighted by molar-refractivity contribution is 0.114. The zero-order chi connectivity index (χ0) is 19.1. The molecule has 0 aromatic heterocycles. The summed E-state index contributed by atoms with van der Waals surface area (Å²) in [6.45, 7) is 10.1. The van der Waals surface area contributed by atoms with Gasteiger partial charge in [-0.1, -0.05) is 12.1 Å². The summed E-state index contributed by atoms with van der Waals surface area (Å²) in [6.07, 6.45) is 3.25. The predicted octanol–water partition coefficient (Wildman–Crippen LogP) is 1.87. The van der Waals surface area contributed by atoms with E-state index in [4.69, 9.17) is 4.74 Å². The highest BCUT2D eigenvalue weighted by molar-refractivity contribution is 5.80. The fourth-order valence-corrected chi connectivity index (χ4v) is 3.91. The fourth-order valence-electron chi connectivity index (χ4n) is 3.91. The molecule has 0 amide bonds. The van der Waals surface area contributed by atoms with Gasteiger partial charge in [0, 0.05) is 25.7 Å². The molecule has 0 bridgehead atoms. The number of aliphatic hydroxyl groups is 1. The summed E-state index contributed by atoms with van der Waals surface area (Å²) in [5, 5.41) is 13.7. The minimum atomic E-state index is -0.615. The number of guanidine groups is 1. The minimum absolute atomic E-state index is 0.253. The van der Waals surface area contributed by atoms with Crippen LogP contribution in [0.4, 0.5) is 0 Å². The number of rotatable bonds is 7. The maximum Gasteiger partial charge on any atom is 0.194 e. The maximum absolute atomic E-state index is 10.3. The Morgan fingerprint density at radius 1 is 1.33 bits per heavy atom. The molecular weight excluding hydrogens is 340 g/mol. The van der Waals surface area contributed by atoms with Crippen molar-refractivity contribution in [1.82, 2.24) is 15.1 Å². The lowest BCUT2D eigenvalue weighted by atomic mass is 10.2. The molecule has 2 atom stereocenters. The van der Waals surface area contributed by atoms with E-state index in [0.717, 1.165) is 36.9 Å². The fraction of sp³-hybridized carbons (Fsp3) is 0.667. The molecule has 0 radical (unpaired) electrons. The van der Waals surface area contributed by atoms with Crippen molar-refractivity contribution in [3.8, 4) is 5.75 Å². The summed E-state index contributed by atoms with van der Waals surface area (Å²) in [5.74, 6) is 1.70. The second-order valence-electron chi connectivity index (χ2n) is 7.61. The molecule has 0 spiro atoms. The zero-order valence-corrected chi connectivity index (χ0v) is 16.7. The van der Waals surface area contributed by atoms with Crippen molar-refractivity contribution in [2.45, 2.75) is 45.3 Å². The molecule has 2 aliphatic heterocycles. The van der Waals surface area contributed by atoms with Crippen LogP contribution in [0, 0.1) is 6.92 Å². The number of nitrogens with zero attached hydrogens (tertiary/aromatic N) is 3. The molecule has 0 saturated carbocycles. The number of aliphatic imine (C=N–C) groups is 1. The van der Waals surface area contributed by atoms with Gasteiger partial charge < -0.3 is 20.1 Å². The van der Waals surface area contributed by atoms with E-state index in [0.29, 0.717) is 12.6 Å². The largest absolute Gasteiger partial charge is 0.491 e. The van der Waals surface area contributed by atoms with Crippen LogP contribution >= 0.6 is 0 Å². The molecule has 2 saturated heterocycles. The van der Waals surface area contributed by atoms with Gasteiger partial charge in [-0.2, -0.15) is 0 Å². The van der Waals surface area contributed by atoms with Crippen molar-refractivity contribution >= 4 is 5.96 Å². The van der Waals surface area contributed by atoms with Gasteiger partial charge in [0.05, 0.1) is 6.54 Å². The number of aliphatic hydroxyl groups excluding tert-OH is 1. The van der Waals surface area contributed by atoms with Crippen molar-refractivity contribution in [2.75, 3.05) is 45.9 Å². The van der Waals surface area contributed by atoms with Crippen LogP contribution in [-0.2, 0) is 0 Å². The normalized spacial score (nSPS) is 22.3. The third kappa shape index (κ3) is 5.84. The lowest BCUT2D eigenvalue weighted by Crippen LogP contribution is -2.43. The molecule has 2 unspecified atom stereocenters. The number of benzene rings is 1. The quantitative estimate of drug-likeness (QED) is 0.564. The Bertz CT molecular complexity index is 616. The van der Waals surface area contributed by atoms with Crippen LogP contribution in [0.15, 0.2) is 29.3 Å². The lowest BCUT2D eigenvalue weighted by Gasteiger charge is -2.25. The SMILES string of the molecule is CCNC(=NCC(O)COc1cccc(C)c1)N1CCC(N2CCCC2)C1. The van der Waals surface area contributed by atoms with Crippen LogP contribution in [0.1, 0.15) is 31.7 Å². The van der Waals surface area contributed by atoms with E-state index >= 15 is 0 Å². The Morgan fingerprint density at radius 2 is 2.15 bits per heavy atom. The van der Waals surface area contributed by atoms with E-state index in [2.05, 4.69) is 27.0 Å². The average Bonchev–Trinajstić information content (AvgIpc) is 3.35. The molecule has 2 N–H and O–H groups in total. The highest BCUT2D eigenvalue weighted by atomic mass is 16.5. The average molecular weight is 375 g/mol. The minimum Gasteiger partial charge on any atom is -0.491 e. The zero-order valence-electron chi connectivity index (χ0n) is 16.7. The molecule has 2 fully saturated rings. The van der Waals surface area contributed by atoms with Gasteiger partial charge in [-0.25, -0.2) is 0 Å². The van der Waals surface area contributed by atoms with E-state index < -0.39 is 6.10 Å². The molecule has 2 aliphatic rings. The Morgan fingerprint density at radius 3 is 2.89 bits per heavy atom. The summed E-state index contributed by atoms with van der Waals surface area (Å²) < 4.78 is 5.69. The molecule has 6 heteroatoms. The monoisotopic (exact) mass is 374 g/mol. The molecule has 1 aromatic carbocycles. The van der Waals surface area contributed by atoms with Crippen LogP contribution in [0.5, 0.6) is 5.75 Å². The number of nitrogens with one attached hydrogen (secondary N) is 1. The van der Waals surface area contributed by atoms with Crippen molar-refractivity contribution in [2.24, 2.45) is 4.99 Å². The summed E-state index contributed by atoms with van der Waals surface area (Å²) in [6, 6.07) is 8.52. The first-order valence-electron chi connectivity index (χ1n) is 10.3. The van der Waals surface area contributed by atoms with Gasteiger partial charge in [0.1, 0.15) is 18.5 Å². The topological polar surface area (TPSA) is 60.3 Å². The second-order valence-corrected chi connectivity index (χ2v) is 7.61. The van der Waals surface area contributed by atoms with Crippen molar-refractivity contribution in [3.63, 3.8) is 0 Å². The maximum atomic E-state index is 10.3. The first kappa shape index (κ1) is 20.0.